The average molecular weight is 203 g/mol. The van der Waals surface area contributed by atoms with Crippen molar-refractivity contribution in [3.8, 4) is 11.5 Å². The van der Waals surface area contributed by atoms with E-state index in [9.17, 15) is 4.79 Å². The fourth-order valence-electron chi connectivity index (χ4n) is 1.69. The molecule has 1 saturated heterocycles. The molecule has 1 aromatic rings. The summed E-state index contributed by atoms with van der Waals surface area (Å²) in [5, 5.41) is 0. The summed E-state index contributed by atoms with van der Waals surface area (Å²) in [6.07, 6.45) is 0. The molecule has 1 amide bonds. The number of carbonyl (C=O) groups excluding carboxylic acids is 1. The summed E-state index contributed by atoms with van der Waals surface area (Å²) >= 11 is 0. The largest absolute Gasteiger partial charge is 0.454 e. The van der Waals surface area contributed by atoms with Gasteiger partial charge in [-0.15, -0.1) is 0 Å². The quantitative estimate of drug-likeness (QED) is 0.510. The predicted octanol–water partition coefficient (Wildman–Crippen LogP) is 1.32. The molecular weight excluding hydrogens is 194 g/mol. The number of rotatable bonds is 1. The van der Waals surface area contributed by atoms with Crippen LogP contribution in [-0.2, 0) is 4.79 Å². The van der Waals surface area contributed by atoms with Crippen LogP contribution < -0.4 is 14.4 Å². The fourth-order valence-corrected chi connectivity index (χ4v) is 1.69. The number of anilines is 1. The zero-order valence-corrected chi connectivity index (χ0v) is 8.03. The van der Waals surface area contributed by atoms with Crippen molar-refractivity contribution in [2.45, 2.75) is 0 Å². The molecule has 2 aliphatic rings. The highest BCUT2D eigenvalue weighted by Crippen LogP contribution is 2.37. The molecule has 3 rings (SSSR count). The van der Waals surface area contributed by atoms with Gasteiger partial charge in [-0.25, -0.2) is 0 Å². The first kappa shape index (κ1) is 8.35. The Kier molecular flexibility index (Phi) is 1.54. The number of hydrogen-bond donors (Lipinski definition) is 0. The van der Waals surface area contributed by atoms with E-state index in [2.05, 4.69) is 6.58 Å². The second-order valence-electron chi connectivity index (χ2n) is 3.53. The number of hydrogen-bond acceptors (Lipinski definition) is 3. The molecule has 0 aliphatic carbocycles. The molecule has 2 heterocycles. The minimum atomic E-state index is -0.0196. The SMILES string of the molecule is C=C1CN(c2ccc3c(c2)OCO3)C1=O. The molecule has 1 aromatic carbocycles. The lowest BCUT2D eigenvalue weighted by Gasteiger charge is -2.32. The molecule has 2 aliphatic heterocycles. The first-order chi connectivity index (χ1) is 7.25. The third-order valence-electron chi connectivity index (χ3n) is 2.56. The first-order valence-corrected chi connectivity index (χ1v) is 4.65. The number of fused-ring (bicyclic) bond motifs is 1. The lowest BCUT2D eigenvalue weighted by atomic mass is 10.1. The Labute approximate surface area is 86.7 Å². The van der Waals surface area contributed by atoms with Gasteiger partial charge in [-0.2, -0.15) is 0 Å². The Morgan fingerprint density at radius 1 is 1.27 bits per heavy atom. The Hall–Kier alpha value is -1.97. The molecule has 0 aromatic heterocycles. The van der Waals surface area contributed by atoms with Crippen LogP contribution >= 0.6 is 0 Å². The van der Waals surface area contributed by atoms with Crippen LogP contribution in [0.5, 0.6) is 11.5 Å². The predicted molar refractivity (Wildman–Crippen MR) is 54.1 cm³/mol. The van der Waals surface area contributed by atoms with Crippen LogP contribution in [0.25, 0.3) is 0 Å². The molecule has 0 spiro atoms. The summed E-state index contributed by atoms with van der Waals surface area (Å²) in [6, 6.07) is 5.47. The van der Waals surface area contributed by atoms with Gasteiger partial charge in [-0.3, -0.25) is 4.79 Å². The van der Waals surface area contributed by atoms with E-state index >= 15 is 0 Å². The highest BCUT2D eigenvalue weighted by molar-refractivity contribution is 6.13. The Morgan fingerprint density at radius 2 is 2.07 bits per heavy atom. The van der Waals surface area contributed by atoms with Crippen molar-refractivity contribution in [3.63, 3.8) is 0 Å². The molecule has 0 bridgehead atoms. The van der Waals surface area contributed by atoms with Crippen molar-refractivity contribution in [3.05, 3.63) is 30.4 Å². The average Bonchev–Trinajstić information content (AvgIpc) is 2.72. The van der Waals surface area contributed by atoms with E-state index in [-0.39, 0.29) is 12.7 Å². The fraction of sp³-hybridized carbons (Fsp3) is 0.182. The van der Waals surface area contributed by atoms with Gasteiger partial charge in [0.05, 0.1) is 6.54 Å². The molecule has 76 valence electrons. The third-order valence-corrected chi connectivity index (χ3v) is 2.56. The molecule has 0 unspecified atom stereocenters. The summed E-state index contributed by atoms with van der Waals surface area (Å²) in [4.78, 5) is 13.1. The van der Waals surface area contributed by atoms with E-state index in [4.69, 9.17) is 9.47 Å². The zero-order valence-electron chi connectivity index (χ0n) is 8.03. The van der Waals surface area contributed by atoms with Crippen molar-refractivity contribution in [1.29, 1.82) is 0 Å². The number of nitrogens with zero attached hydrogens (tertiary/aromatic N) is 1. The molecule has 4 heteroatoms. The van der Waals surface area contributed by atoms with Crippen molar-refractivity contribution in [2.75, 3.05) is 18.2 Å². The van der Waals surface area contributed by atoms with Crippen molar-refractivity contribution in [2.24, 2.45) is 0 Å². The van der Waals surface area contributed by atoms with Gasteiger partial charge in [0.1, 0.15) is 0 Å². The van der Waals surface area contributed by atoms with E-state index in [0.717, 1.165) is 11.4 Å². The first-order valence-electron chi connectivity index (χ1n) is 4.65. The van der Waals surface area contributed by atoms with E-state index in [1.165, 1.54) is 0 Å². The Balaban J connectivity index is 1.94. The van der Waals surface area contributed by atoms with Crippen molar-refractivity contribution in [1.82, 2.24) is 0 Å². The number of β-lactam (4-membered cyclic amide) rings is 1. The van der Waals surface area contributed by atoms with Crippen LogP contribution in [0, 0.1) is 0 Å². The van der Waals surface area contributed by atoms with E-state index in [1.807, 2.05) is 18.2 Å². The molecule has 0 radical (unpaired) electrons. The smallest absolute Gasteiger partial charge is 0.255 e. The lowest BCUT2D eigenvalue weighted by Crippen LogP contribution is -2.45. The van der Waals surface area contributed by atoms with E-state index < -0.39 is 0 Å². The van der Waals surface area contributed by atoms with Crippen LogP contribution in [-0.4, -0.2) is 19.2 Å². The number of amides is 1. The van der Waals surface area contributed by atoms with Crippen molar-refractivity contribution >= 4 is 11.6 Å². The number of ether oxygens (including phenoxy) is 2. The van der Waals surface area contributed by atoms with Crippen LogP contribution in [0.15, 0.2) is 30.4 Å². The minimum Gasteiger partial charge on any atom is -0.454 e. The van der Waals surface area contributed by atoms with E-state index in [0.29, 0.717) is 17.9 Å². The number of benzene rings is 1. The highest BCUT2D eigenvalue weighted by Gasteiger charge is 2.30. The van der Waals surface area contributed by atoms with Gasteiger partial charge in [0, 0.05) is 17.3 Å². The zero-order chi connectivity index (χ0) is 10.4. The van der Waals surface area contributed by atoms with Gasteiger partial charge >= 0.3 is 0 Å². The maximum atomic E-state index is 11.4. The highest BCUT2D eigenvalue weighted by atomic mass is 16.7. The summed E-state index contributed by atoms with van der Waals surface area (Å²) < 4.78 is 10.4. The normalized spacial score (nSPS) is 18.0. The lowest BCUT2D eigenvalue weighted by molar-refractivity contribution is -0.117. The van der Waals surface area contributed by atoms with E-state index in [1.54, 1.807) is 4.90 Å². The summed E-state index contributed by atoms with van der Waals surface area (Å²) in [6.45, 7) is 4.49. The molecular formula is C11H9NO3. The second-order valence-corrected chi connectivity index (χ2v) is 3.53. The summed E-state index contributed by atoms with van der Waals surface area (Å²) in [7, 11) is 0. The standard InChI is InChI=1S/C11H9NO3/c1-7-5-12(11(7)13)8-2-3-9-10(4-8)15-6-14-9/h2-4H,1,5-6H2. The van der Waals surface area contributed by atoms with Gasteiger partial charge in [0.25, 0.3) is 5.91 Å². The van der Waals surface area contributed by atoms with Crippen LogP contribution in [0.1, 0.15) is 0 Å². The topological polar surface area (TPSA) is 38.8 Å². The molecule has 1 fully saturated rings. The maximum Gasteiger partial charge on any atom is 0.255 e. The molecule has 0 saturated carbocycles. The van der Waals surface area contributed by atoms with Crippen LogP contribution in [0.4, 0.5) is 5.69 Å². The Bertz CT molecular complexity index is 467. The molecule has 4 nitrogen and oxygen atoms in total. The molecule has 0 atom stereocenters. The maximum absolute atomic E-state index is 11.4. The van der Waals surface area contributed by atoms with Crippen molar-refractivity contribution < 1.29 is 14.3 Å². The van der Waals surface area contributed by atoms with Gasteiger partial charge in [0.2, 0.25) is 6.79 Å². The van der Waals surface area contributed by atoms with Crippen LogP contribution in [0.2, 0.25) is 0 Å². The molecule has 15 heavy (non-hydrogen) atoms. The summed E-state index contributed by atoms with van der Waals surface area (Å²) in [5.74, 6) is 1.40. The van der Waals surface area contributed by atoms with Crippen LogP contribution in [0.3, 0.4) is 0 Å². The molecule has 0 N–H and O–H groups in total. The summed E-state index contributed by atoms with van der Waals surface area (Å²) in [5.41, 5.74) is 1.48. The Morgan fingerprint density at radius 3 is 2.80 bits per heavy atom. The van der Waals surface area contributed by atoms with Gasteiger partial charge in [-0.1, -0.05) is 6.58 Å². The minimum absolute atomic E-state index is 0.0196. The van der Waals surface area contributed by atoms with Gasteiger partial charge in [-0.05, 0) is 12.1 Å². The van der Waals surface area contributed by atoms with Gasteiger partial charge < -0.3 is 14.4 Å². The monoisotopic (exact) mass is 203 g/mol. The van der Waals surface area contributed by atoms with Gasteiger partial charge in [0.15, 0.2) is 11.5 Å². The second kappa shape index (κ2) is 2.76. The third kappa shape index (κ3) is 1.11. The number of carbonyl (C=O) groups is 1.